The van der Waals surface area contributed by atoms with Gasteiger partial charge in [-0.2, -0.15) is 4.57 Å². The second-order valence-electron chi connectivity index (χ2n) is 9.11. The van der Waals surface area contributed by atoms with Crippen LogP contribution < -0.4 is 40.5 Å². The molecular weight excluding hydrogens is 508 g/mol. The molecule has 1 aromatic heterocycles. The van der Waals surface area contributed by atoms with Gasteiger partial charge in [-0.05, 0) is 67.6 Å². The Labute approximate surface area is 218 Å². The normalized spacial score (nSPS) is 13.4. The van der Waals surface area contributed by atoms with Crippen molar-refractivity contribution >= 4 is 10.8 Å². The van der Waals surface area contributed by atoms with Crippen molar-refractivity contribution in [2.24, 2.45) is 0 Å². The van der Waals surface area contributed by atoms with Crippen molar-refractivity contribution in [3.63, 3.8) is 0 Å². The quantitative estimate of drug-likeness (QED) is 0.289. The van der Waals surface area contributed by atoms with Crippen LogP contribution in [0.3, 0.4) is 0 Å². The summed E-state index contributed by atoms with van der Waals surface area (Å²) in [6, 6.07) is 10.6. The van der Waals surface area contributed by atoms with Crippen LogP contribution in [0, 0.1) is 0 Å². The molecule has 3 heterocycles. The molecule has 6 nitrogen and oxygen atoms in total. The minimum Gasteiger partial charge on any atom is -1.00 e. The van der Waals surface area contributed by atoms with Crippen LogP contribution in [0.4, 0.5) is 0 Å². The lowest BCUT2D eigenvalue weighted by molar-refractivity contribution is -0.686. The van der Waals surface area contributed by atoms with E-state index in [-0.39, 0.29) is 17.0 Å². The first kappa shape index (κ1) is 25.6. The number of rotatable bonds is 10. The molecule has 0 aliphatic carbocycles. The van der Waals surface area contributed by atoms with E-state index in [2.05, 4.69) is 53.8 Å². The number of hydrogen-bond donors (Lipinski definition) is 0. The Bertz CT molecular complexity index is 1180. The first-order chi connectivity index (χ1) is 16.7. The number of nitrogens with zero attached hydrogens (tertiary/aromatic N) is 2. The third-order valence-electron chi connectivity index (χ3n) is 6.74. The Morgan fingerprint density at radius 1 is 1.00 bits per heavy atom. The van der Waals surface area contributed by atoms with E-state index in [1.165, 1.54) is 29.7 Å². The monoisotopic (exact) mass is 542 g/mol. The van der Waals surface area contributed by atoms with Gasteiger partial charge in [-0.25, -0.2) is 0 Å². The summed E-state index contributed by atoms with van der Waals surface area (Å²) in [6.07, 6.45) is 6.55. The number of pyridine rings is 1. The molecule has 2 aliphatic heterocycles. The number of ether oxygens (including phenoxy) is 4. The van der Waals surface area contributed by atoms with E-state index in [9.17, 15) is 0 Å². The van der Waals surface area contributed by atoms with Crippen molar-refractivity contribution in [2.75, 3.05) is 40.1 Å². The molecule has 5 rings (SSSR count). The van der Waals surface area contributed by atoms with Crippen LogP contribution in [-0.4, -0.2) is 45.0 Å². The summed E-state index contributed by atoms with van der Waals surface area (Å²) in [4.78, 5) is 2.53. The van der Waals surface area contributed by atoms with Crippen molar-refractivity contribution in [3.8, 4) is 34.3 Å². The third-order valence-corrected chi connectivity index (χ3v) is 6.74. The third kappa shape index (κ3) is 5.21. The number of methoxy groups -OCH3 is 1. The fourth-order valence-corrected chi connectivity index (χ4v) is 5.14. The standard InChI is InChI=1S/C28H35N2O4.BrH/c1-4-10-29(11-5-2)12-6-14-32-28-23-18-30-13-9-21-16-26-27(34-19-33-26)17-22(21)24(30)15-20(23)7-8-25(28)31-3;/h7-8,15-18H,4-6,9-14,19H2,1-3H3;1H/q+1;/p-1. The maximum Gasteiger partial charge on any atom is 0.231 e. The van der Waals surface area contributed by atoms with E-state index >= 15 is 0 Å². The zero-order valence-electron chi connectivity index (χ0n) is 20.9. The van der Waals surface area contributed by atoms with Gasteiger partial charge in [0.25, 0.3) is 0 Å². The Morgan fingerprint density at radius 3 is 2.51 bits per heavy atom. The smallest absolute Gasteiger partial charge is 0.231 e. The van der Waals surface area contributed by atoms with Gasteiger partial charge in [0.1, 0.15) is 0 Å². The number of hydrogen-bond acceptors (Lipinski definition) is 5. The van der Waals surface area contributed by atoms with Crippen LogP contribution in [0.2, 0.25) is 0 Å². The largest absolute Gasteiger partial charge is 1.00 e. The van der Waals surface area contributed by atoms with Gasteiger partial charge in [-0.1, -0.05) is 13.8 Å². The van der Waals surface area contributed by atoms with Gasteiger partial charge in [-0.15, -0.1) is 0 Å². The highest BCUT2D eigenvalue weighted by Crippen LogP contribution is 2.41. The Morgan fingerprint density at radius 2 is 1.77 bits per heavy atom. The molecule has 7 heteroatoms. The van der Waals surface area contributed by atoms with Crippen LogP contribution in [0.1, 0.15) is 38.7 Å². The van der Waals surface area contributed by atoms with Gasteiger partial charge in [-0.3, -0.25) is 0 Å². The molecule has 0 spiro atoms. The number of aromatic nitrogens is 1. The van der Waals surface area contributed by atoms with E-state index < -0.39 is 0 Å². The summed E-state index contributed by atoms with van der Waals surface area (Å²) in [5.74, 6) is 3.30. The average molecular weight is 544 g/mol. The van der Waals surface area contributed by atoms with Gasteiger partial charge < -0.3 is 40.8 Å². The van der Waals surface area contributed by atoms with Crippen LogP contribution >= 0.6 is 0 Å². The summed E-state index contributed by atoms with van der Waals surface area (Å²) in [7, 11) is 1.71. The lowest BCUT2D eigenvalue weighted by Gasteiger charge is -2.21. The first-order valence-corrected chi connectivity index (χ1v) is 12.5. The predicted molar refractivity (Wildman–Crippen MR) is 133 cm³/mol. The van der Waals surface area contributed by atoms with Gasteiger partial charge in [0.15, 0.2) is 35.7 Å². The highest BCUT2D eigenvalue weighted by Gasteiger charge is 2.28. The number of halogens is 1. The second-order valence-corrected chi connectivity index (χ2v) is 9.11. The summed E-state index contributed by atoms with van der Waals surface area (Å²) in [5.41, 5.74) is 3.71. The number of aryl methyl sites for hydroxylation is 2. The molecule has 35 heavy (non-hydrogen) atoms. The van der Waals surface area contributed by atoms with Gasteiger partial charge in [0.05, 0.1) is 24.7 Å². The molecule has 0 saturated carbocycles. The molecule has 3 aromatic rings. The molecule has 188 valence electrons. The first-order valence-electron chi connectivity index (χ1n) is 12.5. The predicted octanol–water partition coefficient (Wildman–Crippen LogP) is 1.98. The molecule has 0 bridgehead atoms. The summed E-state index contributed by atoms with van der Waals surface area (Å²) in [6.45, 7) is 9.73. The zero-order valence-corrected chi connectivity index (χ0v) is 22.5. The van der Waals surface area contributed by atoms with Gasteiger partial charge >= 0.3 is 0 Å². The second kappa shape index (κ2) is 11.5. The maximum atomic E-state index is 6.37. The van der Waals surface area contributed by atoms with Crippen molar-refractivity contribution in [1.82, 2.24) is 4.90 Å². The molecule has 0 radical (unpaired) electrons. The van der Waals surface area contributed by atoms with Crippen molar-refractivity contribution in [1.29, 1.82) is 0 Å². The molecule has 2 aliphatic rings. The van der Waals surface area contributed by atoms with E-state index in [4.69, 9.17) is 18.9 Å². The van der Waals surface area contributed by atoms with Gasteiger partial charge in [0, 0.05) is 19.0 Å². The van der Waals surface area contributed by atoms with Gasteiger partial charge in [0.2, 0.25) is 12.5 Å². The molecule has 0 atom stereocenters. The zero-order chi connectivity index (χ0) is 23.5. The minimum atomic E-state index is 0. The highest BCUT2D eigenvalue weighted by atomic mass is 79.9. The van der Waals surface area contributed by atoms with Crippen LogP contribution in [0.5, 0.6) is 23.0 Å². The Balaban J connectivity index is 0.00000289. The molecule has 2 aromatic carbocycles. The Kier molecular flexibility index (Phi) is 8.39. The van der Waals surface area contributed by atoms with Crippen LogP contribution in [-0.2, 0) is 13.0 Å². The molecule has 0 unspecified atom stereocenters. The molecule has 0 N–H and O–H groups in total. The van der Waals surface area contributed by atoms with Crippen molar-refractivity contribution in [3.05, 3.63) is 42.1 Å². The van der Waals surface area contributed by atoms with Crippen molar-refractivity contribution in [2.45, 2.75) is 46.1 Å². The van der Waals surface area contributed by atoms with E-state index in [0.29, 0.717) is 13.4 Å². The highest BCUT2D eigenvalue weighted by molar-refractivity contribution is 5.91. The number of benzene rings is 2. The van der Waals surface area contributed by atoms with E-state index in [0.717, 1.165) is 72.8 Å². The molecular formula is C28H35BrN2O4. The SMILES string of the molecule is CCCN(CCC)CCCOc1c(OC)ccc2cc3[n+](cc12)CCc1cc2c(cc1-3)OCO2.[Br-]. The summed E-state index contributed by atoms with van der Waals surface area (Å²) in [5, 5.41) is 2.23. The lowest BCUT2D eigenvalue weighted by atomic mass is 9.95. The molecule has 0 saturated heterocycles. The number of fused-ring (bicyclic) bond motifs is 5. The summed E-state index contributed by atoms with van der Waals surface area (Å²) < 4.78 is 25.6. The van der Waals surface area contributed by atoms with Crippen LogP contribution in [0.15, 0.2) is 36.5 Å². The fourth-order valence-electron chi connectivity index (χ4n) is 5.14. The molecule has 0 amide bonds. The lowest BCUT2D eigenvalue weighted by Crippen LogP contribution is -3.00. The van der Waals surface area contributed by atoms with Crippen LogP contribution in [0.25, 0.3) is 22.0 Å². The Hall–Kier alpha value is -2.51. The topological polar surface area (TPSA) is 44.0 Å². The minimum absolute atomic E-state index is 0. The fraction of sp³-hybridized carbons (Fsp3) is 0.464. The summed E-state index contributed by atoms with van der Waals surface area (Å²) >= 11 is 0. The van der Waals surface area contributed by atoms with E-state index in [1.807, 2.05) is 6.07 Å². The van der Waals surface area contributed by atoms with Crippen molar-refractivity contribution < 1.29 is 40.5 Å². The maximum absolute atomic E-state index is 6.37. The van der Waals surface area contributed by atoms with E-state index in [1.54, 1.807) is 7.11 Å². The average Bonchev–Trinajstić information content (AvgIpc) is 3.31. The molecule has 0 fully saturated rings.